The van der Waals surface area contributed by atoms with Crippen molar-refractivity contribution in [2.75, 3.05) is 9.80 Å². The van der Waals surface area contributed by atoms with Gasteiger partial charge in [-0.15, -0.1) is 0 Å². The highest BCUT2D eigenvalue weighted by atomic mass is 15.1. The summed E-state index contributed by atoms with van der Waals surface area (Å²) in [6, 6.07) is 96.2. The van der Waals surface area contributed by atoms with Crippen LogP contribution in [0.1, 0.15) is 0 Å². The molecule has 0 heterocycles. The van der Waals surface area contributed by atoms with Crippen LogP contribution in [0.25, 0.3) is 66.1 Å². The first-order valence-electron chi connectivity index (χ1n) is 21.9. The fraction of sp³-hybridized carbons (Fsp3) is 0. The van der Waals surface area contributed by atoms with Gasteiger partial charge in [0.15, 0.2) is 0 Å². The van der Waals surface area contributed by atoms with Crippen molar-refractivity contribution >= 4 is 55.7 Å². The van der Waals surface area contributed by atoms with E-state index in [9.17, 15) is 0 Å². The summed E-state index contributed by atoms with van der Waals surface area (Å²) in [6.07, 6.45) is 0. The van der Waals surface area contributed by atoms with Crippen molar-refractivity contribution in [1.82, 2.24) is 0 Å². The van der Waals surface area contributed by atoms with Gasteiger partial charge in [0.2, 0.25) is 0 Å². The average Bonchev–Trinajstić information content (AvgIpc) is 3.38. The number of nitrogens with zero attached hydrogens (tertiary/aromatic N) is 2. The molecule has 11 rings (SSSR count). The van der Waals surface area contributed by atoms with Gasteiger partial charge in [0.05, 0.1) is 5.69 Å². The summed E-state index contributed by atoms with van der Waals surface area (Å²) in [6.45, 7) is 0. The third kappa shape index (κ3) is 7.59. The average molecular weight is 817 g/mol. The Labute approximate surface area is 375 Å². The molecule has 302 valence electrons. The Morgan fingerprint density at radius 1 is 0.188 bits per heavy atom. The fourth-order valence-electron chi connectivity index (χ4n) is 9.02. The summed E-state index contributed by atoms with van der Waals surface area (Å²) in [4.78, 5) is 4.72. The summed E-state index contributed by atoms with van der Waals surface area (Å²) < 4.78 is 0. The molecule has 11 aromatic rings. The zero-order valence-electron chi connectivity index (χ0n) is 35.3. The second-order valence-electron chi connectivity index (χ2n) is 16.2. The van der Waals surface area contributed by atoms with Gasteiger partial charge in [0.1, 0.15) is 0 Å². The van der Waals surface area contributed by atoms with Crippen LogP contribution in [0.15, 0.2) is 267 Å². The Bertz CT molecular complexity index is 3230. The van der Waals surface area contributed by atoms with E-state index in [-0.39, 0.29) is 0 Å². The van der Waals surface area contributed by atoms with Crippen molar-refractivity contribution in [3.63, 3.8) is 0 Å². The maximum Gasteiger partial charge on any atom is 0.0540 e. The third-order valence-corrected chi connectivity index (χ3v) is 12.3. The molecule has 0 aromatic heterocycles. The molecule has 0 unspecified atom stereocenters. The molecule has 2 nitrogen and oxygen atoms in total. The van der Waals surface area contributed by atoms with Crippen LogP contribution in [0.2, 0.25) is 0 Å². The molecule has 64 heavy (non-hydrogen) atoms. The van der Waals surface area contributed by atoms with E-state index in [1.165, 1.54) is 54.9 Å². The zero-order chi connectivity index (χ0) is 42.7. The lowest BCUT2D eigenvalue weighted by molar-refractivity contribution is 1.28. The van der Waals surface area contributed by atoms with Crippen LogP contribution in [-0.2, 0) is 0 Å². The maximum absolute atomic E-state index is 2.38. The van der Waals surface area contributed by atoms with Gasteiger partial charge in [-0.3, -0.25) is 0 Å². The van der Waals surface area contributed by atoms with E-state index in [4.69, 9.17) is 0 Å². The Morgan fingerprint density at radius 3 is 0.953 bits per heavy atom. The normalized spacial score (nSPS) is 11.1. The molecule has 0 aliphatic heterocycles. The molecule has 0 atom stereocenters. The topological polar surface area (TPSA) is 6.48 Å². The molecule has 2 heteroatoms. The molecular weight excluding hydrogens is 773 g/mol. The van der Waals surface area contributed by atoms with Crippen LogP contribution in [-0.4, -0.2) is 0 Å². The summed E-state index contributed by atoms with van der Waals surface area (Å²) in [5.41, 5.74) is 16.2. The monoisotopic (exact) mass is 816 g/mol. The quantitative estimate of drug-likeness (QED) is 0.136. The van der Waals surface area contributed by atoms with E-state index in [1.54, 1.807) is 0 Å². The molecule has 0 bridgehead atoms. The minimum absolute atomic E-state index is 1.09. The third-order valence-electron chi connectivity index (χ3n) is 12.3. The molecule has 0 saturated heterocycles. The van der Waals surface area contributed by atoms with E-state index < -0.39 is 0 Å². The number of benzene rings is 11. The predicted octanol–water partition coefficient (Wildman–Crippen LogP) is 17.6. The van der Waals surface area contributed by atoms with Crippen LogP contribution < -0.4 is 9.80 Å². The van der Waals surface area contributed by atoms with Gasteiger partial charge in [0.25, 0.3) is 0 Å². The van der Waals surface area contributed by atoms with E-state index in [0.29, 0.717) is 0 Å². The summed E-state index contributed by atoms with van der Waals surface area (Å²) in [5, 5.41) is 4.92. The predicted molar refractivity (Wildman–Crippen MR) is 273 cm³/mol. The first kappa shape index (κ1) is 38.5. The Kier molecular flexibility index (Phi) is 10.3. The lowest BCUT2D eigenvalue weighted by Gasteiger charge is -2.27. The highest BCUT2D eigenvalue weighted by molar-refractivity contribution is 6.00. The van der Waals surface area contributed by atoms with Crippen LogP contribution in [0, 0.1) is 0 Å². The number of rotatable bonds is 10. The molecule has 11 aromatic carbocycles. The first-order chi connectivity index (χ1) is 31.7. The van der Waals surface area contributed by atoms with Crippen molar-refractivity contribution in [1.29, 1.82) is 0 Å². The van der Waals surface area contributed by atoms with Gasteiger partial charge in [-0.2, -0.15) is 0 Å². The number of hydrogen-bond donors (Lipinski definition) is 0. The van der Waals surface area contributed by atoms with E-state index >= 15 is 0 Å². The van der Waals surface area contributed by atoms with Gasteiger partial charge >= 0.3 is 0 Å². The van der Waals surface area contributed by atoms with Crippen molar-refractivity contribution in [2.24, 2.45) is 0 Å². The fourth-order valence-corrected chi connectivity index (χ4v) is 9.02. The van der Waals surface area contributed by atoms with Crippen molar-refractivity contribution < 1.29 is 0 Å². The lowest BCUT2D eigenvalue weighted by atomic mass is 9.98. The molecule has 0 aliphatic rings. The molecule has 0 amide bonds. The van der Waals surface area contributed by atoms with E-state index in [0.717, 1.165) is 45.3 Å². The van der Waals surface area contributed by atoms with E-state index in [2.05, 4.69) is 277 Å². The second-order valence-corrected chi connectivity index (χ2v) is 16.2. The van der Waals surface area contributed by atoms with Gasteiger partial charge in [-0.25, -0.2) is 0 Å². The van der Waals surface area contributed by atoms with Crippen LogP contribution >= 0.6 is 0 Å². The molecule has 0 spiro atoms. The zero-order valence-corrected chi connectivity index (χ0v) is 35.3. The SMILES string of the molecule is c1ccc(-c2ccc(N(c3ccc(-c4ccccc4)cc3)c3ccc(-c4ccc(N(c5ccc(-c6cccc7ccccc67)cc5)c5cccc6ccccc56)cc4)cc3)cc2)cc1. The minimum atomic E-state index is 1.09. The Balaban J connectivity index is 0.926. The van der Waals surface area contributed by atoms with Gasteiger partial charge < -0.3 is 9.80 Å². The van der Waals surface area contributed by atoms with Crippen LogP contribution in [0.4, 0.5) is 34.1 Å². The number of anilines is 6. The van der Waals surface area contributed by atoms with Crippen LogP contribution in [0.5, 0.6) is 0 Å². The molecule has 0 N–H and O–H groups in total. The molecule has 0 fully saturated rings. The summed E-state index contributed by atoms with van der Waals surface area (Å²) in [7, 11) is 0. The second kappa shape index (κ2) is 17.1. The highest BCUT2D eigenvalue weighted by Crippen LogP contribution is 2.42. The van der Waals surface area contributed by atoms with E-state index in [1.807, 2.05) is 0 Å². The summed E-state index contributed by atoms with van der Waals surface area (Å²) >= 11 is 0. The lowest BCUT2D eigenvalue weighted by Crippen LogP contribution is -2.10. The van der Waals surface area contributed by atoms with Crippen molar-refractivity contribution in [2.45, 2.75) is 0 Å². The maximum atomic E-state index is 2.38. The molecule has 0 aliphatic carbocycles. The summed E-state index contributed by atoms with van der Waals surface area (Å²) in [5.74, 6) is 0. The molecular formula is C62H44N2. The van der Waals surface area contributed by atoms with Gasteiger partial charge in [-0.05, 0) is 127 Å². The first-order valence-corrected chi connectivity index (χ1v) is 21.9. The largest absolute Gasteiger partial charge is 0.311 e. The minimum Gasteiger partial charge on any atom is -0.311 e. The smallest absolute Gasteiger partial charge is 0.0540 e. The van der Waals surface area contributed by atoms with Gasteiger partial charge in [-0.1, -0.05) is 200 Å². The van der Waals surface area contributed by atoms with Crippen molar-refractivity contribution in [3.05, 3.63) is 267 Å². The van der Waals surface area contributed by atoms with Gasteiger partial charge in [0, 0.05) is 33.8 Å². The van der Waals surface area contributed by atoms with Crippen LogP contribution in [0.3, 0.4) is 0 Å². The van der Waals surface area contributed by atoms with Crippen molar-refractivity contribution in [3.8, 4) is 44.5 Å². The molecule has 0 saturated carbocycles. The number of fused-ring (bicyclic) bond motifs is 2. The standard InChI is InChI=1S/C62H44N2/c1-3-13-45(14-4-1)47-25-35-54(36-26-47)63(55-37-27-48(28-38-55)46-15-5-2-6-16-46)56-39-29-49(30-40-56)50-31-41-57(42-32-50)64(62-24-12-20-52-18-8-10-22-61(52)62)58-43-33-53(34-44-58)60-23-11-19-51-17-7-9-21-59(51)60/h1-44H. The Hall–Kier alpha value is -8.46. The molecule has 0 radical (unpaired) electrons. The number of hydrogen-bond acceptors (Lipinski definition) is 2. The Morgan fingerprint density at radius 2 is 0.500 bits per heavy atom. The highest BCUT2D eigenvalue weighted by Gasteiger charge is 2.18.